The molecule has 2 rings (SSSR count). The van der Waals surface area contributed by atoms with Gasteiger partial charge in [0.25, 0.3) is 0 Å². The summed E-state index contributed by atoms with van der Waals surface area (Å²) in [4.78, 5) is 97.5. The number of carboxylic acids is 3. The maximum absolute atomic E-state index is 13.4. The Morgan fingerprint density at radius 2 is 1.25 bits per heavy atom. The molecule has 0 saturated carbocycles. The fourth-order valence-corrected chi connectivity index (χ4v) is 6.24. The zero-order valence-electron chi connectivity index (χ0n) is 33.2. The molecule has 5 amide bonds. The van der Waals surface area contributed by atoms with Gasteiger partial charge in [0.1, 0.15) is 79.0 Å². The summed E-state index contributed by atoms with van der Waals surface area (Å²) in [7, 11) is 0. The zero-order chi connectivity index (χ0) is 45.6. The molecule has 0 bridgehead atoms. The highest BCUT2D eigenvalue weighted by Crippen LogP contribution is 2.31. The van der Waals surface area contributed by atoms with Crippen molar-refractivity contribution in [2.75, 3.05) is 13.2 Å². The highest BCUT2D eigenvalue weighted by molar-refractivity contribution is 5.91. The molecule has 2 saturated heterocycles. The van der Waals surface area contributed by atoms with Crippen molar-refractivity contribution in [2.24, 2.45) is 5.73 Å². The largest absolute Gasteiger partial charge is 0.480 e. The van der Waals surface area contributed by atoms with Gasteiger partial charge in [-0.25, -0.2) is 9.59 Å². The molecule has 2 aliphatic heterocycles. The number of amides is 5. The van der Waals surface area contributed by atoms with Crippen molar-refractivity contribution in [1.82, 2.24) is 26.6 Å². The van der Waals surface area contributed by atoms with E-state index in [-0.39, 0.29) is 19.3 Å². The Labute approximate surface area is 342 Å². The van der Waals surface area contributed by atoms with Crippen LogP contribution in [0.1, 0.15) is 59.8 Å². The van der Waals surface area contributed by atoms with Crippen LogP contribution in [0.15, 0.2) is 0 Å². The van der Waals surface area contributed by atoms with E-state index >= 15 is 0 Å². The molecule has 2 heterocycles. The molecule has 0 aliphatic carbocycles. The van der Waals surface area contributed by atoms with Gasteiger partial charge >= 0.3 is 17.9 Å². The number of aliphatic carboxylic acids is 3. The minimum absolute atomic E-state index is 0.0363. The Morgan fingerprint density at radius 1 is 0.683 bits per heavy atom. The molecule has 0 spiro atoms. The molecule has 0 radical (unpaired) electrons. The van der Waals surface area contributed by atoms with E-state index in [1.54, 1.807) is 0 Å². The lowest BCUT2D eigenvalue weighted by Crippen LogP contribution is -2.70. The second-order valence-corrected chi connectivity index (χ2v) is 14.3. The summed E-state index contributed by atoms with van der Waals surface area (Å²) in [5.74, 6) is -8.68. The number of rotatable bonds is 23. The Morgan fingerprint density at radius 3 is 1.78 bits per heavy atom. The number of carbonyl (C=O) groups is 8. The second kappa shape index (κ2) is 24.0. The first-order valence-corrected chi connectivity index (χ1v) is 18.8. The number of hydrogen-bond donors (Lipinski definition) is 14. The third-order valence-electron chi connectivity index (χ3n) is 9.47. The van der Waals surface area contributed by atoms with Crippen LogP contribution in [-0.2, 0) is 57.3 Å². The minimum Gasteiger partial charge on any atom is -0.480 e. The van der Waals surface area contributed by atoms with E-state index in [1.807, 2.05) is 0 Å². The fraction of sp³-hybridized carbons (Fsp3) is 0.765. The number of hydrogen-bond acceptors (Lipinski definition) is 18. The lowest BCUT2D eigenvalue weighted by molar-refractivity contribution is -0.333. The fourth-order valence-electron chi connectivity index (χ4n) is 6.24. The smallest absolute Gasteiger partial charge is 0.326 e. The minimum atomic E-state index is -1.89. The van der Waals surface area contributed by atoms with Crippen molar-refractivity contribution < 1.29 is 98.2 Å². The van der Waals surface area contributed by atoms with Gasteiger partial charge in [0.05, 0.1) is 13.2 Å². The van der Waals surface area contributed by atoms with E-state index < -0.39 is 165 Å². The maximum atomic E-state index is 13.4. The molecule has 2 aliphatic rings. The van der Waals surface area contributed by atoms with Crippen LogP contribution in [0, 0.1) is 0 Å². The Balaban J connectivity index is 2.18. The lowest BCUT2D eigenvalue weighted by atomic mass is 9.94. The molecular weight excluding hydrogens is 812 g/mol. The van der Waals surface area contributed by atoms with Gasteiger partial charge in [-0.2, -0.15) is 0 Å². The van der Waals surface area contributed by atoms with E-state index in [9.17, 15) is 74.1 Å². The van der Waals surface area contributed by atoms with E-state index in [1.165, 1.54) is 13.8 Å². The summed E-state index contributed by atoms with van der Waals surface area (Å²) in [6.07, 6.45) is -16.1. The van der Waals surface area contributed by atoms with Crippen LogP contribution >= 0.6 is 0 Å². The van der Waals surface area contributed by atoms with Crippen molar-refractivity contribution in [1.29, 1.82) is 0 Å². The average Bonchev–Trinajstić information content (AvgIpc) is 3.16. The first kappa shape index (κ1) is 51.5. The summed E-state index contributed by atoms with van der Waals surface area (Å²) in [6.45, 7) is 2.80. The number of carbonyl (C=O) groups excluding carboxylic acids is 5. The highest BCUT2D eigenvalue weighted by atomic mass is 16.7. The SMILES string of the molecule is CC(=O)N[C@H]1[C@H](O[C@H]2[C@H](O[C@H](C)C(=O)N[C@@H](C)C(=O)N[C@H](CCC(=O)N[C@@H](CCCC(N)C(=O)O)C(=O)O)C(=O)O)[C@@H](NC(C)=O)C(O)O[C@@H]2CO)O[C@H](CO)[C@@H](O)[C@@H]1O. The quantitative estimate of drug-likeness (QED) is 0.0454. The Kier molecular flexibility index (Phi) is 20.6. The summed E-state index contributed by atoms with van der Waals surface area (Å²) in [6, 6.07) is -8.87. The van der Waals surface area contributed by atoms with Crippen molar-refractivity contribution in [2.45, 2.75) is 151 Å². The third kappa shape index (κ3) is 15.1. The summed E-state index contributed by atoms with van der Waals surface area (Å²) < 4.78 is 23.0. The van der Waals surface area contributed by atoms with E-state index in [4.69, 9.17) is 29.8 Å². The molecule has 2 fully saturated rings. The standard InChI is InChI=1S/C34H56N6O20/c1-12(28(48)40-18(32(54)55)8-9-21(45)39-17(31(52)53)7-5-6-16(35)30(50)51)36-29(49)13(2)57-27-23(38-15(4)44)33(56)58-20(11-42)26(27)60-34-22(37-14(3)43)25(47)24(46)19(10-41)59-34/h12-13,16-20,22-27,33-34,41-42,46-47,56H,5-11,35H2,1-4H3,(H,36,49)(H,37,43)(H,38,44)(H,39,45)(H,40,48)(H,50,51)(H,52,53)(H,54,55)/t12-,13+,16?,17-,18+,19+,20+,22+,23+,24+,25+,26+,27+,33?,34-/m0/s1. The van der Waals surface area contributed by atoms with E-state index in [0.717, 1.165) is 13.8 Å². The number of aliphatic hydroxyl groups excluding tert-OH is 5. The van der Waals surface area contributed by atoms with Crippen LogP contribution in [0.5, 0.6) is 0 Å². The van der Waals surface area contributed by atoms with Crippen LogP contribution in [0.25, 0.3) is 0 Å². The molecule has 0 aromatic carbocycles. The van der Waals surface area contributed by atoms with Crippen molar-refractivity contribution >= 4 is 47.4 Å². The van der Waals surface area contributed by atoms with Crippen LogP contribution in [0.4, 0.5) is 0 Å². The molecule has 26 nitrogen and oxygen atoms in total. The predicted molar refractivity (Wildman–Crippen MR) is 196 cm³/mol. The molecule has 2 unspecified atom stereocenters. The van der Waals surface area contributed by atoms with Gasteiger partial charge in [-0.3, -0.25) is 28.8 Å². The van der Waals surface area contributed by atoms with Crippen LogP contribution in [-0.4, -0.2) is 193 Å². The number of carboxylic acid groups (broad SMARTS) is 3. The third-order valence-corrected chi connectivity index (χ3v) is 9.47. The first-order chi connectivity index (χ1) is 28.0. The van der Waals surface area contributed by atoms with Gasteiger partial charge < -0.3 is 92.1 Å². The van der Waals surface area contributed by atoms with Crippen LogP contribution in [0.3, 0.4) is 0 Å². The Bertz CT molecular complexity index is 1520. The maximum Gasteiger partial charge on any atom is 0.326 e. The van der Waals surface area contributed by atoms with Crippen LogP contribution < -0.4 is 32.3 Å². The Hall–Kier alpha value is -4.64. The summed E-state index contributed by atoms with van der Waals surface area (Å²) >= 11 is 0. The molecule has 60 heavy (non-hydrogen) atoms. The zero-order valence-corrected chi connectivity index (χ0v) is 33.2. The summed E-state index contributed by atoms with van der Waals surface area (Å²) in [5.41, 5.74) is 5.40. The molecule has 15 atom stereocenters. The van der Waals surface area contributed by atoms with Gasteiger partial charge in [0.2, 0.25) is 29.5 Å². The van der Waals surface area contributed by atoms with Crippen molar-refractivity contribution in [3.63, 3.8) is 0 Å². The van der Waals surface area contributed by atoms with Crippen molar-refractivity contribution in [3.05, 3.63) is 0 Å². The van der Waals surface area contributed by atoms with E-state index in [2.05, 4.69) is 26.6 Å². The van der Waals surface area contributed by atoms with E-state index in [0.29, 0.717) is 0 Å². The van der Waals surface area contributed by atoms with Gasteiger partial charge in [0.15, 0.2) is 12.6 Å². The number of nitrogens with two attached hydrogens (primary N) is 1. The molecule has 0 aromatic heterocycles. The topological polar surface area (TPSA) is 421 Å². The molecule has 0 aromatic rings. The number of aliphatic hydroxyl groups is 5. The van der Waals surface area contributed by atoms with Gasteiger partial charge in [-0.05, 0) is 39.5 Å². The van der Waals surface area contributed by atoms with Gasteiger partial charge in [-0.15, -0.1) is 0 Å². The summed E-state index contributed by atoms with van der Waals surface area (Å²) in [5, 5.41) is 91.3. The average molecular weight is 869 g/mol. The highest BCUT2D eigenvalue weighted by Gasteiger charge is 2.53. The van der Waals surface area contributed by atoms with Crippen LogP contribution in [0.2, 0.25) is 0 Å². The lowest BCUT2D eigenvalue weighted by Gasteiger charge is -2.48. The van der Waals surface area contributed by atoms with Gasteiger partial charge in [0, 0.05) is 20.3 Å². The monoisotopic (exact) mass is 868 g/mol. The molecule has 26 heteroatoms. The number of ether oxygens (including phenoxy) is 4. The molecule has 15 N–H and O–H groups in total. The molecule has 342 valence electrons. The predicted octanol–water partition coefficient (Wildman–Crippen LogP) is -6.69. The van der Waals surface area contributed by atoms with Crippen molar-refractivity contribution in [3.8, 4) is 0 Å². The van der Waals surface area contributed by atoms with Gasteiger partial charge in [-0.1, -0.05) is 0 Å². The normalized spacial score (nSPS) is 29.0. The second-order valence-electron chi connectivity index (χ2n) is 14.3. The first-order valence-electron chi connectivity index (χ1n) is 18.8. The molecular formula is C34H56N6O20. The number of nitrogens with one attached hydrogen (secondary N) is 5.